The topological polar surface area (TPSA) is 66.5 Å². The van der Waals surface area contributed by atoms with Crippen molar-refractivity contribution in [1.82, 2.24) is 10.2 Å². The fourth-order valence-electron chi connectivity index (χ4n) is 2.65. The smallest absolute Gasteiger partial charge is 0.262 e. The standard InChI is InChI=1S/C18H18N2O3S/c1-18(2,14-8-5-9-24-14)11-19-15(21)10-20-16(22)12-6-3-4-7-13(12)17(20)23/h3-9H,10-11H2,1-2H3,(H,19,21). The molecule has 1 aliphatic rings. The first-order chi connectivity index (χ1) is 11.4. The van der Waals surface area contributed by atoms with Crippen LogP contribution in [0.2, 0.25) is 0 Å². The number of amides is 3. The van der Waals surface area contributed by atoms with Crippen LogP contribution in [0.1, 0.15) is 39.4 Å². The van der Waals surface area contributed by atoms with Crippen LogP contribution in [-0.2, 0) is 10.2 Å². The van der Waals surface area contributed by atoms with E-state index in [0.717, 1.165) is 4.90 Å². The van der Waals surface area contributed by atoms with Gasteiger partial charge in [0.2, 0.25) is 5.91 Å². The second-order valence-electron chi connectivity index (χ2n) is 6.38. The quantitative estimate of drug-likeness (QED) is 0.849. The van der Waals surface area contributed by atoms with Gasteiger partial charge in [0.05, 0.1) is 11.1 Å². The van der Waals surface area contributed by atoms with Crippen LogP contribution in [0.15, 0.2) is 41.8 Å². The molecule has 1 aromatic carbocycles. The Bertz CT molecular complexity index is 761. The number of rotatable bonds is 5. The van der Waals surface area contributed by atoms with Crippen LogP contribution < -0.4 is 5.32 Å². The maximum absolute atomic E-state index is 12.3. The first-order valence-corrected chi connectivity index (χ1v) is 8.54. The summed E-state index contributed by atoms with van der Waals surface area (Å²) in [5.41, 5.74) is 0.509. The van der Waals surface area contributed by atoms with E-state index >= 15 is 0 Å². The summed E-state index contributed by atoms with van der Waals surface area (Å²) in [6.07, 6.45) is 0. The maximum Gasteiger partial charge on any atom is 0.262 e. The van der Waals surface area contributed by atoms with Gasteiger partial charge in [-0.2, -0.15) is 0 Å². The number of carbonyl (C=O) groups is 3. The number of benzene rings is 1. The molecule has 0 spiro atoms. The Hall–Kier alpha value is -2.47. The highest BCUT2D eigenvalue weighted by molar-refractivity contribution is 7.10. The fourth-order valence-corrected chi connectivity index (χ4v) is 3.50. The molecule has 0 atom stereocenters. The van der Waals surface area contributed by atoms with Crippen molar-refractivity contribution in [3.05, 3.63) is 57.8 Å². The molecule has 1 aliphatic heterocycles. The highest BCUT2D eigenvalue weighted by Crippen LogP contribution is 2.26. The van der Waals surface area contributed by atoms with Gasteiger partial charge < -0.3 is 5.32 Å². The number of hydrogen-bond acceptors (Lipinski definition) is 4. The van der Waals surface area contributed by atoms with Gasteiger partial charge >= 0.3 is 0 Å². The molecule has 0 aliphatic carbocycles. The molecule has 24 heavy (non-hydrogen) atoms. The van der Waals surface area contributed by atoms with Crippen molar-refractivity contribution in [2.24, 2.45) is 0 Å². The van der Waals surface area contributed by atoms with E-state index in [4.69, 9.17) is 0 Å². The average Bonchev–Trinajstić information content (AvgIpc) is 3.18. The van der Waals surface area contributed by atoms with Crippen LogP contribution >= 0.6 is 11.3 Å². The minimum absolute atomic E-state index is 0.203. The van der Waals surface area contributed by atoms with E-state index in [2.05, 4.69) is 5.32 Å². The van der Waals surface area contributed by atoms with Crippen LogP contribution in [0.3, 0.4) is 0 Å². The molecule has 0 unspecified atom stereocenters. The third-order valence-electron chi connectivity index (χ3n) is 4.10. The van der Waals surface area contributed by atoms with Crippen molar-refractivity contribution in [3.63, 3.8) is 0 Å². The average molecular weight is 342 g/mol. The Morgan fingerprint density at radius 1 is 1.08 bits per heavy atom. The lowest BCUT2D eigenvalue weighted by atomic mass is 9.91. The zero-order chi connectivity index (χ0) is 17.3. The first kappa shape index (κ1) is 16.4. The van der Waals surface area contributed by atoms with Crippen molar-refractivity contribution < 1.29 is 14.4 Å². The van der Waals surface area contributed by atoms with Gasteiger partial charge in [0.1, 0.15) is 6.54 Å². The summed E-state index contributed by atoms with van der Waals surface area (Å²) in [5.74, 6) is -1.17. The van der Waals surface area contributed by atoms with Crippen LogP contribution in [0.25, 0.3) is 0 Å². The van der Waals surface area contributed by atoms with Crippen molar-refractivity contribution in [2.75, 3.05) is 13.1 Å². The predicted octanol–water partition coefficient (Wildman–Crippen LogP) is 2.44. The number of hydrogen-bond donors (Lipinski definition) is 1. The number of fused-ring (bicyclic) bond motifs is 1. The summed E-state index contributed by atoms with van der Waals surface area (Å²) in [4.78, 5) is 38.9. The maximum atomic E-state index is 12.3. The molecule has 0 saturated carbocycles. The highest BCUT2D eigenvalue weighted by Gasteiger charge is 2.36. The lowest BCUT2D eigenvalue weighted by Crippen LogP contribution is -2.43. The molecule has 124 valence electrons. The third kappa shape index (κ3) is 2.97. The van der Waals surface area contributed by atoms with Crippen molar-refractivity contribution in [2.45, 2.75) is 19.3 Å². The Morgan fingerprint density at radius 2 is 1.71 bits per heavy atom. The fraction of sp³-hybridized carbons (Fsp3) is 0.278. The molecule has 2 aromatic rings. The van der Waals surface area contributed by atoms with Crippen molar-refractivity contribution >= 4 is 29.1 Å². The van der Waals surface area contributed by atoms with Gasteiger partial charge in [-0.1, -0.05) is 32.0 Å². The van der Waals surface area contributed by atoms with Crippen LogP contribution in [0, 0.1) is 0 Å². The molecule has 3 amide bonds. The molecule has 0 saturated heterocycles. The second-order valence-corrected chi connectivity index (χ2v) is 7.33. The van der Waals surface area contributed by atoms with Crippen LogP contribution in [0.4, 0.5) is 0 Å². The Morgan fingerprint density at radius 3 is 2.25 bits per heavy atom. The highest BCUT2D eigenvalue weighted by atomic mass is 32.1. The van der Waals surface area contributed by atoms with Crippen molar-refractivity contribution in [1.29, 1.82) is 0 Å². The normalized spacial score (nSPS) is 14.0. The second kappa shape index (κ2) is 6.20. The number of thiophene rings is 1. The molecule has 6 heteroatoms. The minimum atomic E-state index is -0.414. The number of nitrogens with zero attached hydrogens (tertiary/aromatic N) is 1. The van der Waals surface area contributed by atoms with Gasteiger partial charge in [-0.05, 0) is 23.6 Å². The monoisotopic (exact) mass is 342 g/mol. The van der Waals surface area contributed by atoms with Gasteiger partial charge in [-0.15, -0.1) is 11.3 Å². The molecule has 2 heterocycles. The minimum Gasteiger partial charge on any atom is -0.354 e. The lowest BCUT2D eigenvalue weighted by Gasteiger charge is -2.24. The molecule has 0 radical (unpaired) electrons. The van der Waals surface area contributed by atoms with Gasteiger partial charge in [-0.25, -0.2) is 0 Å². The summed E-state index contributed by atoms with van der Waals surface area (Å²) >= 11 is 1.64. The molecule has 1 N–H and O–H groups in total. The molecule has 5 nitrogen and oxygen atoms in total. The molecule has 0 fully saturated rings. The lowest BCUT2D eigenvalue weighted by molar-refractivity contribution is -0.121. The van der Waals surface area contributed by atoms with E-state index in [9.17, 15) is 14.4 Å². The largest absolute Gasteiger partial charge is 0.354 e. The molecule has 0 bridgehead atoms. The van der Waals surface area contributed by atoms with Crippen LogP contribution in [0.5, 0.6) is 0 Å². The van der Waals surface area contributed by atoms with E-state index < -0.39 is 11.8 Å². The van der Waals surface area contributed by atoms with Crippen molar-refractivity contribution in [3.8, 4) is 0 Å². The number of nitrogens with one attached hydrogen (secondary N) is 1. The van der Waals surface area contributed by atoms with E-state index in [1.807, 2.05) is 31.4 Å². The Labute approximate surface area is 144 Å². The zero-order valence-electron chi connectivity index (χ0n) is 13.5. The summed E-state index contributed by atoms with van der Waals surface area (Å²) in [5, 5.41) is 4.83. The molecule has 1 aromatic heterocycles. The van der Waals surface area contributed by atoms with Gasteiger partial charge in [0, 0.05) is 16.8 Å². The first-order valence-electron chi connectivity index (χ1n) is 7.66. The van der Waals surface area contributed by atoms with E-state index in [1.165, 1.54) is 4.88 Å². The number of carbonyl (C=O) groups excluding carboxylic acids is 3. The predicted molar refractivity (Wildman–Crippen MR) is 92.2 cm³/mol. The summed E-state index contributed by atoms with van der Waals surface area (Å²) in [6, 6.07) is 10.6. The molecule has 3 rings (SSSR count). The number of imide groups is 1. The third-order valence-corrected chi connectivity index (χ3v) is 5.33. The van der Waals surface area contributed by atoms with Gasteiger partial charge in [0.25, 0.3) is 11.8 Å². The van der Waals surface area contributed by atoms with Crippen LogP contribution in [-0.4, -0.2) is 35.7 Å². The summed E-state index contributed by atoms with van der Waals surface area (Å²) < 4.78 is 0. The van der Waals surface area contributed by atoms with E-state index in [-0.39, 0.29) is 17.9 Å². The zero-order valence-corrected chi connectivity index (χ0v) is 14.4. The summed E-state index contributed by atoms with van der Waals surface area (Å²) in [6.45, 7) is 4.27. The van der Waals surface area contributed by atoms with E-state index in [1.54, 1.807) is 35.6 Å². The summed E-state index contributed by atoms with van der Waals surface area (Å²) in [7, 11) is 0. The van der Waals surface area contributed by atoms with Gasteiger partial charge in [-0.3, -0.25) is 19.3 Å². The Kier molecular flexibility index (Phi) is 4.24. The van der Waals surface area contributed by atoms with E-state index in [0.29, 0.717) is 17.7 Å². The molecular weight excluding hydrogens is 324 g/mol. The SMILES string of the molecule is CC(C)(CNC(=O)CN1C(=O)c2ccccc2C1=O)c1cccs1. The Balaban J connectivity index is 1.62. The van der Waals surface area contributed by atoms with Gasteiger partial charge in [0.15, 0.2) is 0 Å². The molecular formula is C18H18N2O3S.